The molecule has 1 aromatic rings. The summed E-state index contributed by atoms with van der Waals surface area (Å²) in [5.74, 6) is 1.86. The summed E-state index contributed by atoms with van der Waals surface area (Å²) in [6.07, 6.45) is 5.01. The van der Waals surface area contributed by atoms with Gasteiger partial charge in [-0.15, -0.1) is 24.0 Å². The van der Waals surface area contributed by atoms with Gasteiger partial charge in [-0.25, -0.2) is 0 Å². The number of aliphatic imine (C=N–C) groups is 1. The zero-order valence-corrected chi connectivity index (χ0v) is 21.0. The first-order chi connectivity index (χ1) is 14.2. The lowest BCUT2D eigenvalue weighted by Crippen LogP contribution is -2.56. The highest BCUT2D eigenvalue weighted by atomic mass is 127. The number of piperidine rings is 2. The molecule has 3 heterocycles. The fraction of sp³-hybridized carbons (Fsp3) is 0.708. The van der Waals surface area contributed by atoms with Crippen LogP contribution in [-0.2, 0) is 11.3 Å². The van der Waals surface area contributed by atoms with Crippen molar-refractivity contribution in [1.29, 1.82) is 0 Å². The van der Waals surface area contributed by atoms with E-state index in [1.807, 2.05) is 0 Å². The van der Waals surface area contributed by atoms with Gasteiger partial charge in [-0.1, -0.05) is 37.3 Å². The quantitative estimate of drug-likeness (QED) is 0.358. The predicted octanol–water partition coefficient (Wildman–Crippen LogP) is 3.98. The number of benzene rings is 1. The summed E-state index contributed by atoms with van der Waals surface area (Å²) in [7, 11) is 0. The normalized spacial score (nSPS) is 29.9. The molecule has 0 aliphatic carbocycles. The minimum absolute atomic E-state index is 0. The van der Waals surface area contributed by atoms with Crippen LogP contribution in [0.15, 0.2) is 35.3 Å². The van der Waals surface area contributed by atoms with Crippen LogP contribution in [0.5, 0.6) is 0 Å². The van der Waals surface area contributed by atoms with E-state index in [4.69, 9.17) is 9.73 Å². The van der Waals surface area contributed by atoms with Gasteiger partial charge in [0.15, 0.2) is 5.96 Å². The van der Waals surface area contributed by atoms with Crippen molar-refractivity contribution in [3.63, 3.8) is 0 Å². The molecule has 3 saturated heterocycles. The van der Waals surface area contributed by atoms with Gasteiger partial charge >= 0.3 is 0 Å². The van der Waals surface area contributed by atoms with Crippen molar-refractivity contribution in [2.45, 2.75) is 52.1 Å². The second kappa shape index (κ2) is 11.1. The van der Waals surface area contributed by atoms with E-state index in [2.05, 4.69) is 59.3 Å². The minimum Gasteiger partial charge on any atom is -0.381 e. The van der Waals surface area contributed by atoms with Crippen LogP contribution in [0.25, 0.3) is 0 Å². The summed E-state index contributed by atoms with van der Waals surface area (Å²) in [4.78, 5) is 10.3. The van der Waals surface area contributed by atoms with Gasteiger partial charge < -0.3 is 15.0 Å². The highest BCUT2D eigenvalue weighted by molar-refractivity contribution is 14.0. The Morgan fingerprint density at radius 2 is 2.07 bits per heavy atom. The van der Waals surface area contributed by atoms with Crippen LogP contribution in [0.1, 0.15) is 45.1 Å². The Labute approximate surface area is 199 Å². The monoisotopic (exact) mass is 526 g/mol. The standard InChI is InChI=1S/C24H38N4O.HI/c1-3-25-23(26-18-24(2)12-15-29-19-24)28-14-11-22-21(17-28)10-7-13-27(22)16-20-8-5-4-6-9-20;/h4-6,8-9,21-22H,3,7,10-19H2,1-2H3,(H,25,26);1H. The molecule has 0 aromatic heterocycles. The number of nitrogens with zero attached hydrogens (tertiary/aromatic N) is 3. The van der Waals surface area contributed by atoms with Crippen molar-refractivity contribution >= 4 is 29.9 Å². The molecule has 3 aliphatic heterocycles. The van der Waals surface area contributed by atoms with Gasteiger partial charge in [0.1, 0.15) is 0 Å². The number of fused-ring (bicyclic) bond motifs is 1. The molecule has 5 nitrogen and oxygen atoms in total. The van der Waals surface area contributed by atoms with Crippen LogP contribution >= 0.6 is 24.0 Å². The Hall–Kier alpha value is -0.860. The zero-order valence-electron chi connectivity index (χ0n) is 18.7. The average molecular weight is 527 g/mol. The lowest BCUT2D eigenvalue weighted by molar-refractivity contribution is 0.0371. The number of halogens is 1. The van der Waals surface area contributed by atoms with E-state index in [0.29, 0.717) is 6.04 Å². The van der Waals surface area contributed by atoms with Crippen LogP contribution in [0.3, 0.4) is 0 Å². The molecular weight excluding hydrogens is 487 g/mol. The van der Waals surface area contributed by atoms with Gasteiger partial charge in [0.2, 0.25) is 0 Å². The second-order valence-corrected chi connectivity index (χ2v) is 9.44. The Kier molecular flexibility index (Phi) is 8.83. The van der Waals surface area contributed by atoms with Crippen molar-refractivity contribution < 1.29 is 4.74 Å². The summed E-state index contributed by atoms with van der Waals surface area (Å²) in [6, 6.07) is 11.7. The van der Waals surface area contributed by atoms with E-state index >= 15 is 0 Å². The molecule has 0 radical (unpaired) electrons. The number of likely N-dealkylation sites (tertiary alicyclic amines) is 2. The molecular formula is C24H39IN4O. The van der Waals surface area contributed by atoms with Crippen molar-refractivity contribution in [2.24, 2.45) is 16.3 Å². The van der Waals surface area contributed by atoms with Crippen molar-refractivity contribution in [1.82, 2.24) is 15.1 Å². The topological polar surface area (TPSA) is 40.1 Å². The minimum atomic E-state index is 0. The summed E-state index contributed by atoms with van der Waals surface area (Å²) < 4.78 is 5.62. The van der Waals surface area contributed by atoms with E-state index in [0.717, 1.165) is 64.2 Å². The number of ether oxygens (including phenoxy) is 1. The molecule has 3 fully saturated rings. The van der Waals surface area contributed by atoms with Crippen molar-refractivity contribution in [2.75, 3.05) is 45.9 Å². The first-order valence-electron chi connectivity index (χ1n) is 11.6. The molecule has 30 heavy (non-hydrogen) atoms. The highest BCUT2D eigenvalue weighted by Crippen LogP contribution is 2.32. The number of hydrogen-bond acceptors (Lipinski definition) is 3. The fourth-order valence-electron chi connectivity index (χ4n) is 5.24. The number of hydrogen-bond donors (Lipinski definition) is 1. The first-order valence-corrected chi connectivity index (χ1v) is 11.6. The average Bonchev–Trinajstić information content (AvgIpc) is 3.18. The smallest absolute Gasteiger partial charge is 0.193 e. The Bertz CT molecular complexity index is 677. The lowest BCUT2D eigenvalue weighted by Gasteiger charge is -2.48. The number of nitrogens with one attached hydrogen (secondary N) is 1. The third-order valence-corrected chi connectivity index (χ3v) is 6.96. The molecule has 6 heteroatoms. The van der Waals surface area contributed by atoms with Gasteiger partial charge in [0.05, 0.1) is 13.2 Å². The molecule has 1 N–H and O–H groups in total. The predicted molar refractivity (Wildman–Crippen MR) is 134 cm³/mol. The van der Waals surface area contributed by atoms with Gasteiger partial charge in [-0.05, 0) is 50.6 Å². The lowest BCUT2D eigenvalue weighted by atomic mass is 9.83. The molecule has 4 rings (SSSR count). The second-order valence-electron chi connectivity index (χ2n) is 9.44. The maximum Gasteiger partial charge on any atom is 0.193 e. The van der Waals surface area contributed by atoms with E-state index in [1.54, 1.807) is 0 Å². The third-order valence-electron chi connectivity index (χ3n) is 6.96. The van der Waals surface area contributed by atoms with Crippen LogP contribution < -0.4 is 5.32 Å². The third kappa shape index (κ3) is 5.88. The van der Waals surface area contributed by atoms with E-state index in [-0.39, 0.29) is 29.4 Å². The number of rotatable bonds is 5. The van der Waals surface area contributed by atoms with Gasteiger partial charge in [-0.2, -0.15) is 0 Å². The highest BCUT2D eigenvalue weighted by Gasteiger charge is 2.37. The van der Waals surface area contributed by atoms with Crippen molar-refractivity contribution in [3.05, 3.63) is 35.9 Å². The largest absolute Gasteiger partial charge is 0.381 e. The van der Waals surface area contributed by atoms with E-state index in [1.165, 1.54) is 31.4 Å². The summed E-state index contributed by atoms with van der Waals surface area (Å²) >= 11 is 0. The molecule has 0 spiro atoms. The van der Waals surface area contributed by atoms with Crippen LogP contribution in [0.4, 0.5) is 0 Å². The molecule has 1 aromatic carbocycles. The first kappa shape index (κ1) is 23.8. The Morgan fingerprint density at radius 1 is 1.23 bits per heavy atom. The van der Waals surface area contributed by atoms with Crippen molar-refractivity contribution in [3.8, 4) is 0 Å². The van der Waals surface area contributed by atoms with Crippen LogP contribution in [-0.4, -0.2) is 67.7 Å². The molecule has 0 bridgehead atoms. The van der Waals surface area contributed by atoms with Gasteiger partial charge in [-0.3, -0.25) is 9.89 Å². The van der Waals surface area contributed by atoms with Gasteiger partial charge in [0.25, 0.3) is 0 Å². The van der Waals surface area contributed by atoms with Crippen LogP contribution in [0.2, 0.25) is 0 Å². The van der Waals surface area contributed by atoms with Gasteiger partial charge in [0, 0.05) is 44.2 Å². The molecule has 168 valence electrons. The molecule has 0 amide bonds. The van der Waals surface area contributed by atoms with E-state index in [9.17, 15) is 0 Å². The number of guanidine groups is 1. The SMILES string of the molecule is CCNC(=NCC1(C)CCOC1)N1CCC2C(CCCN2Cc2ccccc2)C1.I. The van der Waals surface area contributed by atoms with Crippen LogP contribution in [0, 0.1) is 11.3 Å². The zero-order chi connectivity index (χ0) is 20.1. The summed E-state index contributed by atoms with van der Waals surface area (Å²) in [6.45, 7) is 12.6. The Balaban J connectivity index is 0.00000256. The maximum absolute atomic E-state index is 5.62. The molecule has 3 aliphatic rings. The molecule has 3 unspecified atom stereocenters. The Morgan fingerprint density at radius 3 is 2.80 bits per heavy atom. The summed E-state index contributed by atoms with van der Waals surface area (Å²) in [5, 5.41) is 3.56. The van der Waals surface area contributed by atoms with E-state index < -0.39 is 0 Å². The summed E-state index contributed by atoms with van der Waals surface area (Å²) in [5.41, 5.74) is 1.65. The molecule has 0 saturated carbocycles. The molecule has 3 atom stereocenters. The fourth-order valence-corrected chi connectivity index (χ4v) is 5.24. The maximum atomic E-state index is 5.62.